The van der Waals surface area contributed by atoms with E-state index in [2.05, 4.69) is 27.3 Å². The molecule has 0 aromatic heterocycles. The van der Waals surface area contributed by atoms with Gasteiger partial charge in [0, 0.05) is 4.47 Å². The van der Waals surface area contributed by atoms with Crippen molar-refractivity contribution in [2.75, 3.05) is 0 Å². The topological polar surface area (TPSA) is 38.0 Å². The van der Waals surface area contributed by atoms with Crippen LogP contribution in [0.2, 0.25) is 0 Å². The fourth-order valence-electron chi connectivity index (χ4n) is 1.25. The second-order valence-corrected chi connectivity index (χ2v) is 3.91. The lowest BCUT2D eigenvalue weighted by molar-refractivity contribution is -0.138. The standard InChI is InChI=1S/C10H8BrF3N2/c1-2-9(16-15)7-4-3-6(11)5-8(7)10(12,13)14/h1,3-5,9,16H,15H2. The summed E-state index contributed by atoms with van der Waals surface area (Å²) in [4.78, 5) is 0. The molecule has 0 radical (unpaired) electrons. The number of hydrogen-bond acceptors (Lipinski definition) is 2. The third-order valence-corrected chi connectivity index (χ3v) is 2.46. The van der Waals surface area contributed by atoms with E-state index in [0.29, 0.717) is 4.47 Å². The Morgan fingerprint density at radius 2 is 2.06 bits per heavy atom. The van der Waals surface area contributed by atoms with Crippen molar-refractivity contribution < 1.29 is 13.2 Å². The van der Waals surface area contributed by atoms with Crippen molar-refractivity contribution in [3.8, 4) is 12.3 Å². The first-order valence-corrected chi connectivity index (χ1v) is 4.98. The molecule has 2 nitrogen and oxygen atoms in total. The van der Waals surface area contributed by atoms with E-state index in [4.69, 9.17) is 12.3 Å². The van der Waals surface area contributed by atoms with Crippen LogP contribution in [-0.2, 0) is 6.18 Å². The second-order valence-electron chi connectivity index (χ2n) is 3.00. The van der Waals surface area contributed by atoms with E-state index < -0.39 is 17.8 Å². The highest BCUT2D eigenvalue weighted by atomic mass is 79.9. The molecule has 6 heteroatoms. The normalized spacial score (nSPS) is 13.2. The Hall–Kier alpha value is -1.03. The highest BCUT2D eigenvalue weighted by Gasteiger charge is 2.35. The smallest absolute Gasteiger partial charge is 0.270 e. The molecule has 0 heterocycles. The summed E-state index contributed by atoms with van der Waals surface area (Å²) in [5.41, 5.74) is 1.28. The molecule has 1 atom stereocenters. The lowest BCUT2D eigenvalue weighted by atomic mass is 10.0. The van der Waals surface area contributed by atoms with Crippen LogP contribution in [0.15, 0.2) is 22.7 Å². The van der Waals surface area contributed by atoms with Gasteiger partial charge in [0.2, 0.25) is 0 Å². The summed E-state index contributed by atoms with van der Waals surface area (Å²) in [5.74, 6) is 7.24. The van der Waals surface area contributed by atoms with Gasteiger partial charge in [-0.05, 0) is 17.7 Å². The van der Waals surface area contributed by atoms with Crippen LogP contribution in [0.5, 0.6) is 0 Å². The van der Waals surface area contributed by atoms with E-state index in [1.54, 1.807) is 0 Å². The van der Waals surface area contributed by atoms with E-state index in [1.165, 1.54) is 12.1 Å². The van der Waals surface area contributed by atoms with E-state index in [-0.39, 0.29) is 5.56 Å². The molecule has 0 aliphatic carbocycles. The van der Waals surface area contributed by atoms with Gasteiger partial charge in [-0.1, -0.05) is 27.9 Å². The molecule has 0 spiro atoms. The van der Waals surface area contributed by atoms with Crippen LogP contribution < -0.4 is 11.3 Å². The fraction of sp³-hybridized carbons (Fsp3) is 0.200. The molecule has 0 saturated heterocycles. The Morgan fingerprint density at radius 3 is 2.50 bits per heavy atom. The highest BCUT2D eigenvalue weighted by Crippen LogP contribution is 2.36. The molecule has 0 saturated carbocycles. The summed E-state index contributed by atoms with van der Waals surface area (Å²) in [5, 5.41) is 0. The second kappa shape index (κ2) is 4.87. The first-order chi connectivity index (χ1) is 7.40. The predicted octanol–water partition coefficient (Wildman–Crippen LogP) is 2.61. The van der Waals surface area contributed by atoms with E-state index in [0.717, 1.165) is 6.07 Å². The Morgan fingerprint density at radius 1 is 1.44 bits per heavy atom. The van der Waals surface area contributed by atoms with Gasteiger partial charge in [-0.3, -0.25) is 5.84 Å². The number of nitrogens with two attached hydrogens (primary N) is 1. The summed E-state index contributed by atoms with van der Waals surface area (Å²) in [7, 11) is 0. The van der Waals surface area contributed by atoms with Gasteiger partial charge < -0.3 is 0 Å². The average Bonchev–Trinajstić information content (AvgIpc) is 2.20. The molecule has 86 valence electrons. The largest absolute Gasteiger partial charge is 0.416 e. The molecule has 0 aliphatic rings. The molecule has 1 rings (SSSR count). The first-order valence-electron chi connectivity index (χ1n) is 4.19. The number of alkyl halides is 3. The van der Waals surface area contributed by atoms with Gasteiger partial charge in [-0.2, -0.15) is 13.2 Å². The molecule has 1 aromatic rings. The molecular formula is C10H8BrF3N2. The van der Waals surface area contributed by atoms with Crippen molar-refractivity contribution in [3.63, 3.8) is 0 Å². The number of terminal acetylenes is 1. The highest BCUT2D eigenvalue weighted by molar-refractivity contribution is 9.10. The molecule has 3 N–H and O–H groups in total. The van der Waals surface area contributed by atoms with Gasteiger partial charge in [-0.15, -0.1) is 6.42 Å². The van der Waals surface area contributed by atoms with Crippen LogP contribution in [0.3, 0.4) is 0 Å². The summed E-state index contributed by atoms with van der Waals surface area (Å²) in [6.45, 7) is 0. The molecule has 1 aromatic carbocycles. The molecule has 0 amide bonds. The Bertz CT molecular complexity index is 423. The van der Waals surface area contributed by atoms with Crippen molar-refractivity contribution in [1.29, 1.82) is 0 Å². The van der Waals surface area contributed by atoms with Gasteiger partial charge in [0.15, 0.2) is 0 Å². The van der Waals surface area contributed by atoms with Crippen molar-refractivity contribution in [2.24, 2.45) is 5.84 Å². The Kier molecular flexibility index (Phi) is 3.97. The van der Waals surface area contributed by atoms with Crippen LogP contribution in [0.1, 0.15) is 17.2 Å². The first kappa shape index (κ1) is 13.0. The quantitative estimate of drug-likeness (QED) is 0.500. The maximum atomic E-state index is 12.7. The summed E-state index contributed by atoms with van der Waals surface area (Å²) >= 11 is 2.98. The summed E-state index contributed by atoms with van der Waals surface area (Å²) in [6.07, 6.45) is 0.627. The van der Waals surface area contributed by atoms with Crippen molar-refractivity contribution in [3.05, 3.63) is 33.8 Å². The monoisotopic (exact) mass is 292 g/mol. The SMILES string of the molecule is C#CC(NN)c1ccc(Br)cc1C(F)(F)F. The minimum atomic E-state index is -4.47. The van der Waals surface area contributed by atoms with Gasteiger partial charge in [-0.25, -0.2) is 5.43 Å². The summed E-state index contributed by atoms with van der Waals surface area (Å²) < 4.78 is 38.4. The maximum Gasteiger partial charge on any atom is 0.416 e. The molecule has 16 heavy (non-hydrogen) atoms. The fourth-order valence-corrected chi connectivity index (χ4v) is 1.61. The predicted molar refractivity (Wildman–Crippen MR) is 58.0 cm³/mol. The van der Waals surface area contributed by atoms with Crippen LogP contribution in [0.4, 0.5) is 13.2 Å². The van der Waals surface area contributed by atoms with Crippen molar-refractivity contribution >= 4 is 15.9 Å². The molecule has 0 aliphatic heterocycles. The minimum Gasteiger partial charge on any atom is -0.270 e. The minimum absolute atomic E-state index is 0.0688. The van der Waals surface area contributed by atoms with Gasteiger partial charge in [0.05, 0.1) is 5.56 Å². The number of hydrazine groups is 1. The van der Waals surface area contributed by atoms with Gasteiger partial charge in [0.1, 0.15) is 6.04 Å². The summed E-state index contributed by atoms with van der Waals surface area (Å²) in [6, 6.07) is 2.77. The number of rotatable bonds is 2. The Labute approximate surface area is 99.1 Å². The third kappa shape index (κ3) is 2.76. The zero-order valence-electron chi connectivity index (χ0n) is 7.98. The molecule has 1 unspecified atom stereocenters. The number of benzene rings is 1. The lowest BCUT2D eigenvalue weighted by Gasteiger charge is -2.17. The molecule has 0 fully saturated rings. The van der Waals surface area contributed by atoms with Crippen LogP contribution >= 0.6 is 15.9 Å². The van der Waals surface area contributed by atoms with Crippen molar-refractivity contribution in [2.45, 2.75) is 12.2 Å². The number of nitrogens with one attached hydrogen (secondary N) is 1. The van der Waals surface area contributed by atoms with E-state index >= 15 is 0 Å². The van der Waals surface area contributed by atoms with Crippen LogP contribution in [-0.4, -0.2) is 0 Å². The Balaban J connectivity index is 3.35. The van der Waals surface area contributed by atoms with Gasteiger partial charge >= 0.3 is 6.18 Å². The lowest BCUT2D eigenvalue weighted by Crippen LogP contribution is -2.28. The van der Waals surface area contributed by atoms with E-state index in [9.17, 15) is 13.2 Å². The van der Waals surface area contributed by atoms with E-state index in [1.807, 2.05) is 0 Å². The molecule has 0 bridgehead atoms. The number of hydrogen-bond donors (Lipinski definition) is 2. The van der Waals surface area contributed by atoms with Crippen LogP contribution in [0.25, 0.3) is 0 Å². The molecular weight excluding hydrogens is 285 g/mol. The zero-order chi connectivity index (χ0) is 12.3. The third-order valence-electron chi connectivity index (χ3n) is 1.97. The zero-order valence-corrected chi connectivity index (χ0v) is 9.56. The van der Waals surface area contributed by atoms with Gasteiger partial charge in [0.25, 0.3) is 0 Å². The van der Waals surface area contributed by atoms with Crippen molar-refractivity contribution in [1.82, 2.24) is 5.43 Å². The maximum absolute atomic E-state index is 12.7. The van der Waals surface area contributed by atoms with Crippen LogP contribution in [0, 0.1) is 12.3 Å². The average molecular weight is 293 g/mol. The number of halogens is 4.